The summed E-state index contributed by atoms with van der Waals surface area (Å²) in [6.07, 6.45) is 0. The molecule has 0 N–H and O–H groups in total. The number of rotatable bonds is 3. The highest BCUT2D eigenvalue weighted by atomic mass is 127. The molecule has 1 heterocycles. The van der Waals surface area contributed by atoms with Crippen LogP contribution in [0.25, 0.3) is 0 Å². The van der Waals surface area contributed by atoms with E-state index in [0.29, 0.717) is 6.04 Å². The number of hydrogen-bond acceptors (Lipinski definition) is 3. The number of guanidine groups is 1. The molecule has 0 aromatic carbocycles. The molecule has 1 saturated heterocycles. The quantitative estimate of drug-likeness (QED) is 0.408. The van der Waals surface area contributed by atoms with Gasteiger partial charge in [0.25, 0.3) is 0 Å². The van der Waals surface area contributed by atoms with Crippen molar-refractivity contribution < 1.29 is 0 Å². The lowest BCUT2D eigenvalue weighted by Crippen LogP contribution is -2.49. The number of halogens is 1. The van der Waals surface area contributed by atoms with Gasteiger partial charge in [0.1, 0.15) is 0 Å². The minimum absolute atomic E-state index is 0. The van der Waals surface area contributed by atoms with Crippen LogP contribution in [0.15, 0.2) is 4.99 Å². The van der Waals surface area contributed by atoms with Gasteiger partial charge in [-0.25, -0.2) is 0 Å². The molecule has 0 bridgehead atoms. The molecule has 0 spiro atoms. The summed E-state index contributed by atoms with van der Waals surface area (Å²) in [5.74, 6) is 1.04. The normalized spacial score (nSPS) is 18.4. The van der Waals surface area contributed by atoms with E-state index in [-0.39, 0.29) is 24.0 Å². The Morgan fingerprint density at radius 2 is 1.53 bits per heavy atom. The maximum absolute atomic E-state index is 4.73. The molecule has 0 aromatic heterocycles. The molecule has 0 aliphatic carbocycles. The van der Waals surface area contributed by atoms with Crippen molar-refractivity contribution in [3.8, 4) is 0 Å². The smallest absolute Gasteiger partial charge is 0.195 e. The van der Waals surface area contributed by atoms with E-state index in [0.717, 1.165) is 25.6 Å². The Hall–Kier alpha value is -0.0800. The highest BCUT2D eigenvalue weighted by molar-refractivity contribution is 14.0. The van der Waals surface area contributed by atoms with E-state index in [1.54, 1.807) is 0 Å². The molecule has 0 radical (unpaired) electrons. The van der Waals surface area contributed by atoms with Gasteiger partial charge in [-0.05, 0) is 14.0 Å². The molecule has 0 aromatic rings. The van der Waals surface area contributed by atoms with E-state index in [1.165, 1.54) is 13.1 Å². The van der Waals surface area contributed by atoms with Crippen molar-refractivity contribution in [1.82, 2.24) is 19.6 Å². The van der Waals surface area contributed by atoms with Gasteiger partial charge in [-0.3, -0.25) is 9.89 Å². The summed E-state index contributed by atoms with van der Waals surface area (Å²) >= 11 is 0. The zero-order valence-electron chi connectivity index (χ0n) is 13.3. The summed E-state index contributed by atoms with van der Waals surface area (Å²) in [5.41, 5.74) is 0. The Morgan fingerprint density at radius 1 is 1.05 bits per heavy atom. The second-order valence-electron chi connectivity index (χ2n) is 5.62. The van der Waals surface area contributed by atoms with Gasteiger partial charge in [0.2, 0.25) is 0 Å². The minimum atomic E-state index is 0. The van der Waals surface area contributed by atoms with Crippen molar-refractivity contribution in [2.45, 2.75) is 13.0 Å². The number of hydrogen-bond donors (Lipinski definition) is 0. The van der Waals surface area contributed by atoms with Crippen LogP contribution in [-0.2, 0) is 0 Å². The number of likely N-dealkylation sites (N-methyl/N-ethyl adjacent to an activating group) is 1. The van der Waals surface area contributed by atoms with Crippen LogP contribution in [0.5, 0.6) is 0 Å². The van der Waals surface area contributed by atoms with Crippen molar-refractivity contribution in [2.75, 3.05) is 68.0 Å². The molecular weight excluding hydrogens is 353 g/mol. The molecule has 1 aliphatic heterocycles. The van der Waals surface area contributed by atoms with Gasteiger partial charge in [-0.15, -0.1) is 24.0 Å². The summed E-state index contributed by atoms with van der Waals surface area (Å²) in [5, 5.41) is 0. The third-order valence-corrected chi connectivity index (χ3v) is 3.46. The lowest BCUT2D eigenvalue weighted by atomic mass is 10.2. The predicted octanol–water partition coefficient (Wildman–Crippen LogP) is 0.720. The monoisotopic (exact) mass is 383 g/mol. The van der Waals surface area contributed by atoms with E-state index >= 15 is 0 Å². The third kappa shape index (κ3) is 6.27. The maximum atomic E-state index is 4.73. The molecule has 6 heteroatoms. The summed E-state index contributed by atoms with van der Waals surface area (Å²) in [6, 6.07) is 0.522. The number of aliphatic imine (C=N–C) groups is 1. The van der Waals surface area contributed by atoms with Crippen LogP contribution >= 0.6 is 24.0 Å². The van der Waals surface area contributed by atoms with E-state index in [9.17, 15) is 0 Å². The Morgan fingerprint density at radius 3 is 1.95 bits per heavy atom. The average molecular weight is 383 g/mol. The topological polar surface area (TPSA) is 25.3 Å². The molecule has 1 unspecified atom stereocenters. The van der Waals surface area contributed by atoms with E-state index < -0.39 is 0 Å². The summed E-state index contributed by atoms with van der Waals surface area (Å²) in [6.45, 7) is 7.80. The molecule has 19 heavy (non-hydrogen) atoms. The first-order valence-corrected chi connectivity index (χ1v) is 6.73. The maximum Gasteiger partial charge on any atom is 0.195 e. The fraction of sp³-hybridized carbons (Fsp3) is 0.923. The van der Waals surface area contributed by atoms with Gasteiger partial charge in [-0.1, -0.05) is 0 Å². The number of piperazine rings is 1. The second kappa shape index (κ2) is 8.97. The van der Waals surface area contributed by atoms with Gasteiger partial charge >= 0.3 is 0 Å². The molecule has 0 saturated carbocycles. The Balaban J connectivity index is 0.00000324. The van der Waals surface area contributed by atoms with Gasteiger partial charge in [0.05, 0.1) is 6.54 Å². The minimum Gasteiger partial charge on any atom is -0.349 e. The van der Waals surface area contributed by atoms with Crippen molar-refractivity contribution in [3.63, 3.8) is 0 Å². The molecule has 114 valence electrons. The highest BCUT2D eigenvalue weighted by Gasteiger charge is 2.19. The summed E-state index contributed by atoms with van der Waals surface area (Å²) in [4.78, 5) is 13.8. The van der Waals surface area contributed by atoms with E-state index in [1.807, 2.05) is 28.2 Å². The zero-order valence-corrected chi connectivity index (χ0v) is 15.6. The van der Waals surface area contributed by atoms with Crippen LogP contribution in [0.4, 0.5) is 0 Å². The van der Waals surface area contributed by atoms with Crippen LogP contribution in [0, 0.1) is 0 Å². The van der Waals surface area contributed by atoms with Gasteiger partial charge < -0.3 is 14.7 Å². The SMILES string of the molecule is CC(CN=C(N(C)C)N(C)C)N1CCN(C)CC1.I. The Bertz CT molecular complexity index is 262. The van der Waals surface area contributed by atoms with E-state index in [2.05, 4.69) is 33.6 Å². The largest absolute Gasteiger partial charge is 0.349 e. The first kappa shape index (κ1) is 18.9. The molecule has 0 amide bonds. The molecule has 1 rings (SSSR count). The van der Waals surface area contributed by atoms with Crippen LogP contribution < -0.4 is 0 Å². The molecule has 1 aliphatic rings. The second-order valence-corrected chi connectivity index (χ2v) is 5.62. The Kier molecular flexibility index (Phi) is 8.93. The predicted molar refractivity (Wildman–Crippen MR) is 93.6 cm³/mol. The number of nitrogens with zero attached hydrogens (tertiary/aromatic N) is 5. The van der Waals surface area contributed by atoms with Gasteiger partial charge in [0, 0.05) is 60.4 Å². The fourth-order valence-electron chi connectivity index (χ4n) is 2.27. The molecule has 1 atom stereocenters. The van der Waals surface area contributed by atoms with Gasteiger partial charge in [-0.2, -0.15) is 0 Å². The van der Waals surface area contributed by atoms with Crippen molar-refractivity contribution in [1.29, 1.82) is 0 Å². The summed E-state index contributed by atoms with van der Waals surface area (Å²) < 4.78 is 0. The first-order chi connectivity index (χ1) is 8.41. The fourth-order valence-corrected chi connectivity index (χ4v) is 2.27. The third-order valence-electron chi connectivity index (χ3n) is 3.46. The van der Waals surface area contributed by atoms with Crippen molar-refractivity contribution >= 4 is 29.9 Å². The van der Waals surface area contributed by atoms with Crippen LogP contribution in [0.3, 0.4) is 0 Å². The first-order valence-electron chi connectivity index (χ1n) is 6.73. The van der Waals surface area contributed by atoms with Crippen LogP contribution in [0.2, 0.25) is 0 Å². The molecule has 1 fully saturated rings. The summed E-state index contributed by atoms with van der Waals surface area (Å²) in [7, 11) is 10.4. The lowest BCUT2D eigenvalue weighted by molar-refractivity contribution is 0.122. The Labute approximate surface area is 135 Å². The lowest BCUT2D eigenvalue weighted by Gasteiger charge is -2.36. The highest BCUT2D eigenvalue weighted by Crippen LogP contribution is 2.05. The van der Waals surface area contributed by atoms with Crippen molar-refractivity contribution in [2.24, 2.45) is 4.99 Å². The molecular formula is C13H30IN5. The van der Waals surface area contributed by atoms with Crippen molar-refractivity contribution in [3.05, 3.63) is 0 Å². The standard InChI is InChI=1S/C13H29N5.HI/c1-12(18-9-7-17(6)8-10-18)11-14-13(15(2)3)16(4)5;/h12H,7-11H2,1-6H3;1H. The van der Waals surface area contributed by atoms with Crippen LogP contribution in [0.1, 0.15) is 6.92 Å². The van der Waals surface area contributed by atoms with E-state index in [4.69, 9.17) is 4.99 Å². The van der Waals surface area contributed by atoms with Crippen LogP contribution in [-0.4, -0.2) is 99.6 Å². The molecule has 5 nitrogen and oxygen atoms in total. The average Bonchev–Trinajstić information content (AvgIpc) is 2.28. The van der Waals surface area contributed by atoms with Gasteiger partial charge in [0.15, 0.2) is 5.96 Å². The zero-order chi connectivity index (χ0) is 13.7.